The van der Waals surface area contributed by atoms with Gasteiger partial charge in [0.2, 0.25) is 0 Å². The maximum atomic E-state index is 13.8. The van der Waals surface area contributed by atoms with Crippen molar-refractivity contribution in [3.8, 4) is 0 Å². The summed E-state index contributed by atoms with van der Waals surface area (Å²) in [6.45, 7) is 3.92. The minimum Gasteiger partial charge on any atom is -0.291 e. The minimum absolute atomic E-state index is 0.185. The maximum absolute atomic E-state index is 13.8. The van der Waals surface area contributed by atoms with Gasteiger partial charge in [0.25, 0.3) is 0 Å². The first-order chi connectivity index (χ1) is 7.61. The standard InChI is InChI=1S/C14H15FO/c1-9(2)11-8-12(13(15)14(11)16)10-6-4-3-5-7-10/h3-7,9,11H,8H2,1-2H3. The van der Waals surface area contributed by atoms with E-state index in [1.807, 2.05) is 44.2 Å². The van der Waals surface area contributed by atoms with Crippen LogP contribution in [0.25, 0.3) is 5.57 Å². The lowest BCUT2D eigenvalue weighted by atomic mass is 9.91. The zero-order valence-electron chi connectivity index (χ0n) is 9.53. The quantitative estimate of drug-likeness (QED) is 0.741. The zero-order chi connectivity index (χ0) is 11.7. The van der Waals surface area contributed by atoms with Crippen LogP contribution in [0.5, 0.6) is 0 Å². The molecule has 0 aliphatic heterocycles. The van der Waals surface area contributed by atoms with E-state index in [4.69, 9.17) is 0 Å². The van der Waals surface area contributed by atoms with Crippen LogP contribution in [0.2, 0.25) is 0 Å². The topological polar surface area (TPSA) is 17.1 Å². The molecule has 16 heavy (non-hydrogen) atoms. The molecule has 0 spiro atoms. The van der Waals surface area contributed by atoms with Crippen LogP contribution in [0.1, 0.15) is 25.8 Å². The van der Waals surface area contributed by atoms with Crippen LogP contribution >= 0.6 is 0 Å². The molecule has 0 bridgehead atoms. The number of allylic oxidation sites excluding steroid dienone is 2. The highest BCUT2D eigenvalue weighted by Crippen LogP contribution is 2.39. The van der Waals surface area contributed by atoms with Crippen LogP contribution in [0.4, 0.5) is 4.39 Å². The SMILES string of the molecule is CC(C)C1CC(c2ccccc2)=C(F)C1=O. The number of halogens is 1. The molecule has 1 nitrogen and oxygen atoms in total. The molecule has 1 aromatic carbocycles. The first-order valence-corrected chi connectivity index (χ1v) is 5.59. The third kappa shape index (κ3) is 1.80. The lowest BCUT2D eigenvalue weighted by molar-refractivity contribution is -0.120. The summed E-state index contributed by atoms with van der Waals surface area (Å²) in [5.41, 5.74) is 1.40. The summed E-state index contributed by atoms with van der Waals surface area (Å²) in [6, 6.07) is 9.32. The van der Waals surface area contributed by atoms with E-state index >= 15 is 0 Å². The monoisotopic (exact) mass is 218 g/mol. The Kier molecular flexibility index (Phi) is 2.90. The summed E-state index contributed by atoms with van der Waals surface area (Å²) in [5.74, 6) is -0.853. The molecular weight excluding hydrogens is 203 g/mol. The average molecular weight is 218 g/mol. The normalized spacial score (nSPS) is 21.0. The highest BCUT2D eigenvalue weighted by molar-refractivity contribution is 6.06. The van der Waals surface area contributed by atoms with Crippen molar-refractivity contribution >= 4 is 11.4 Å². The van der Waals surface area contributed by atoms with Crippen molar-refractivity contribution in [2.45, 2.75) is 20.3 Å². The summed E-state index contributed by atoms with van der Waals surface area (Å²) < 4.78 is 13.8. The Balaban J connectivity index is 2.34. The first kappa shape index (κ1) is 11.1. The van der Waals surface area contributed by atoms with Gasteiger partial charge in [-0.1, -0.05) is 44.2 Å². The van der Waals surface area contributed by atoms with E-state index in [1.54, 1.807) is 0 Å². The third-order valence-corrected chi connectivity index (χ3v) is 3.17. The van der Waals surface area contributed by atoms with Gasteiger partial charge < -0.3 is 0 Å². The van der Waals surface area contributed by atoms with Gasteiger partial charge in [0.05, 0.1) is 0 Å². The summed E-state index contributed by atoms with van der Waals surface area (Å²) in [7, 11) is 0. The number of hydrogen-bond acceptors (Lipinski definition) is 1. The lowest BCUT2D eigenvalue weighted by Gasteiger charge is -2.12. The molecule has 84 valence electrons. The highest BCUT2D eigenvalue weighted by Gasteiger charge is 2.35. The summed E-state index contributed by atoms with van der Waals surface area (Å²) in [4.78, 5) is 11.7. The number of hydrogen-bond donors (Lipinski definition) is 0. The Morgan fingerprint density at radius 2 is 1.88 bits per heavy atom. The van der Waals surface area contributed by atoms with Crippen LogP contribution < -0.4 is 0 Å². The van der Waals surface area contributed by atoms with E-state index in [0.717, 1.165) is 5.56 Å². The van der Waals surface area contributed by atoms with Crippen molar-refractivity contribution in [3.05, 3.63) is 41.7 Å². The number of carbonyl (C=O) groups excluding carboxylic acids is 1. The van der Waals surface area contributed by atoms with Crippen LogP contribution in [0, 0.1) is 11.8 Å². The number of Topliss-reactive ketones (excluding diaryl/α,β-unsaturated/α-hetero) is 1. The smallest absolute Gasteiger partial charge is 0.195 e. The third-order valence-electron chi connectivity index (χ3n) is 3.17. The van der Waals surface area contributed by atoms with E-state index in [-0.39, 0.29) is 17.6 Å². The number of ketones is 1. The largest absolute Gasteiger partial charge is 0.291 e. The molecule has 0 amide bonds. The van der Waals surface area contributed by atoms with Gasteiger partial charge in [0, 0.05) is 5.92 Å². The van der Waals surface area contributed by atoms with Gasteiger partial charge in [-0.3, -0.25) is 4.79 Å². The molecule has 1 aromatic rings. The van der Waals surface area contributed by atoms with E-state index in [9.17, 15) is 9.18 Å². The van der Waals surface area contributed by atoms with Gasteiger partial charge in [0.1, 0.15) is 0 Å². The summed E-state index contributed by atoms with van der Waals surface area (Å²) in [6.07, 6.45) is 0.534. The van der Waals surface area contributed by atoms with E-state index in [1.165, 1.54) is 0 Å². The predicted octanol–water partition coefficient (Wildman–Crippen LogP) is 3.61. The van der Waals surface area contributed by atoms with Crippen LogP contribution in [-0.4, -0.2) is 5.78 Å². The molecular formula is C14H15FO. The molecule has 1 unspecified atom stereocenters. The molecule has 1 aliphatic rings. The van der Waals surface area contributed by atoms with Gasteiger partial charge in [-0.25, -0.2) is 4.39 Å². The maximum Gasteiger partial charge on any atom is 0.195 e. The molecule has 0 heterocycles. The van der Waals surface area contributed by atoms with Crippen molar-refractivity contribution in [3.63, 3.8) is 0 Å². The zero-order valence-corrected chi connectivity index (χ0v) is 9.53. The minimum atomic E-state index is -0.537. The van der Waals surface area contributed by atoms with Gasteiger partial charge in [0.15, 0.2) is 11.6 Å². The molecule has 0 saturated heterocycles. The Morgan fingerprint density at radius 1 is 1.25 bits per heavy atom. The Labute approximate surface area is 95.0 Å². The Morgan fingerprint density at radius 3 is 2.38 bits per heavy atom. The molecule has 2 heteroatoms. The number of rotatable bonds is 2. The number of benzene rings is 1. The summed E-state index contributed by atoms with van der Waals surface area (Å²) in [5, 5.41) is 0. The average Bonchev–Trinajstić information content (AvgIpc) is 2.58. The predicted molar refractivity (Wildman–Crippen MR) is 62.4 cm³/mol. The molecule has 0 aromatic heterocycles. The van der Waals surface area contributed by atoms with E-state index < -0.39 is 5.83 Å². The molecule has 0 fully saturated rings. The second kappa shape index (κ2) is 4.20. The fraction of sp³-hybridized carbons (Fsp3) is 0.357. The Hall–Kier alpha value is -1.44. The molecule has 1 aliphatic carbocycles. The first-order valence-electron chi connectivity index (χ1n) is 5.59. The molecule has 0 N–H and O–H groups in total. The van der Waals surface area contributed by atoms with Crippen LogP contribution in [0.15, 0.2) is 36.2 Å². The van der Waals surface area contributed by atoms with Crippen molar-refractivity contribution in [1.29, 1.82) is 0 Å². The van der Waals surface area contributed by atoms with Crippen LogP contribution in [0.3, 0.4) is 0 Å². The van der Waals surface area contributed by atoms with Crippen molar-refractivity contribution < 1.29 is 9.18 Å². The second-order valence-corrected chi connectivity index (χ2v) is 4.58. The summed E-state index contributed by atoms with van der Waals surface area (Å²) >= 11 is 0. The molecule has 0 radical (unpaired) electrons. The van der Waals surface area contributed by atoms with E-state index in [2.05, 4.69) is 0 Å². The van der Waals surface area contributed by atoms with Gasteiger partial charge in [-0.15, -0.1) is 0 Å². The highest BCUT2D eigenvalue weighted by atomic mass is 19.1. The molecule has 2 rings (SSSR count). The second-order valence-electron chi connectivity index (χ2n) is 4.58. The van der Waals surface area contributed by atoms with Gasteiger partial charge >= 0.3 is 0 Å². The fourth-order valence-corrected chi connectivity index (χ4v) is 2.14. The van der Waals surface area contributed by atoms with E-state index in [0.29, 0.717) is 12.0 Å². The van der Waals surface area contributed by atoms with Crippen molar-refractivity contribution in [2.24, 2.45) is 11.8 Å². The van der Waals surface area contributed by atoms with Crippen LogP contribution in [-0.2, 0) is 4.79 Å². The molecule has 0 saturated carbocycles. The molecule has 1 atom stereocenters. The lowest BCUT2D eigenvalue weighted by Crippen LogP contribution is -2.15. The van der Waals surface area contributed by atoms with Gasteiger partial charge in [-0.2, -0.15) is 0 Å². The fourth-order valence-electron chi connectivity index (χ4n) is 2.14. The Bertz CT molecular complexity index is 431. The van der Waals surface area contributed by atoms with Crippen molar-refractivity contribution in [2.75, 3.05) is 0 Å². The van der Waals surface area contributed by atoms with Crippen molar-refractivity contribution in [1.82, 2.24) is 0 Å². The number of carbonyl (C=O) groups is 1. The van der Waals surface area contributed by atoms with Gasteiger partial charge in [-0.05, 0) is 23.5 Å².